The van der Waals surface area contributed by atoms with Crippen molar-refractivity contribution in [2.75, 3.05) is 13.1 Å². The summed E-state index contributed by atoms with van der Waals surface area (Å²) in [6.45, 7) is 7.50. The van der Waals surface area contributed by atoms with Gasteiger partial charge < -0.3 is 5.32 Å². The van der Waals surface area contributed by atoms with Gasteiger partial charge in [-0.3, -0.25) is 4.90 Å². The smallest absolute Gasteiger partial charge is 0.0210 e. The molecule has 0 spiro atoms. The predicted molar refractivity (Wildman–Crippen MR) is 76.7 cm³/mol. The van der Waals surface area contributed by atoms with Crippen molar-refractivity contribution in [3.05, 3.63) is 0 Å². The summed E-state index contributed by atoms with van der Waals surface area (Å²) in [5.41, 5.74) is 0. The van der Waals surface area contributed by atoms with Gasteiger partial charge in [-0.2, -0.15) is 0 Å². The van der Waals surface area contributed by atoms with Crippen molar-refractivity contribution in [1.29, 1.82) is 0 Å². The minimum Gasteiger partial charge on any atom is -0.310 e. The van der Waals surface area contributed by atoms with Gasteiger partial charge in [0.25, 0.3) is 0 Å². The summed E-state index contributed by atoms with van der Waals surface area (Å²) >= 11 is 0. The fraction of sp³-hybridized carbons (Fsp3) is 1.00. The Morgan fingerprint density at radius 2 is 1.78 bits per heavy atom. The van der Waals surface area contributed by atoms with Gasteiger partial charge in [-0.1, -0.05) is 26.7 Å². The fourth-order valence-corrected chi connectivity index (χ4v) is 4.16. The Hall–Kier alpha value is -0.0800. The third kappa shape index (κ3) is 2.91. The molecule has 1 saturated heterocycles. The SMILES string of the molecule is CC(C)C1CCCCC1NC1CCN(C2CC2)C1. The molecule has 18 heavy (non-hydrogen) atoms. The molecule has 0 radical (unpaired) electrons. The Labute approximate surface area is 113 Å². The molecule has 2 heteroatoms. The molecule has 2 aliphatic carbocycles. The molecule has 0 aromatic rings. The molecular weight excluding hydrogens is 220 g/mol. The molecule has 0 aromatic carbocycles. The van der Waals surface area contributed by atoms with Crippen molar-refractivity contribution < 1.29 is 0 Å². The third-order valence-corrected chi connectivity index (χ3v) is 5.41. The second-order valence-electron chi connectivity index (χ2n) is 7.18. The van der Waals surface area contributed by atoms with Gasteiger partial charge in [-0.15, -0.1) is 0 Å². The first-order valence-electron chi connectivity index (χ1n) is 8.24. The van der Waals surface area contributed by atoms with E-state index in [1.54, 1.807) is 0 Å². The first-order valence-corrected chi connectivity index (χ1v) is 8.24. The number of nitrogens with zero attached hydrogens (tertiary/aromatic N) is 1. The molecule has 3 aliphatic rings. The first kappa shape index (κ1) is 12.9. The highest BCUT2D eigenvalue weighted by Gasteiger charge is 2.36. The molecule has 1 heterocycles. The first-order chi connectivity index (χ1) is 8.74. The van der Waals surface area contributed by atoms with Crippen molar-refractivity contribution in [1.82, 2.24) is 10.2 Å². The number of nitrogens with one attached hydrogen (secondary N) is 1. The molecule has 3 unspecified atom stereocenters. The van der Waals surface area contributed by atoms with Crippen LogP contribution in [0.5, 0.6) is 0 Å². The van der Waals surface area contributed by atoms with Crippen LogP contribution in [0.25, 0.3) is 0 Å². The normalized spacial score (nSPS) is 38.5. The lowest BCUT2D eigenvalue weighted by molar-refractivity contribution is 0.190. The van der Waals surface area contributed by atoms with Crippen LogP contribution in [0.4, 0.5) is 0 Å². The second-order valence-corrected chi connectivity index (χ2v) is 7.18. The highest BCUT2D eigenvalue weighted by Crippen LogP contribution is 2.33. The van der Waals surface area contributed by atoms with Gasteiger partial charge in [-0.05, 0) is 43.9 Å². The fourth-order valence-electron chi connectivity index (χ4n) is 4.16. The zero-order valence-electron chi connectivity index (χ0n) is 12.2. The second kappa shape index (κ2) is 5.50. The Kier molecular flexibility index (Phi) is 3.95. The zero-order valence-corrected chi connectivity index (χ0v) is 12.2. The molecular formula is C16H30N2. The van der Waals surface area contributed by atoms with Crippen LogP contribution in [-0.2, 0) is 0 Å². The van der Waals surface area contributed by atoms with Crippen LogP contribution in [-0.4, -0.2) is 36.1 Å². The molecule has 3 atom stereocenters. The molecule has 1 aliphatic heterocycles. The van der Waals surface area contributed by atoms with E-state index < -0.39 is 0 Å². The quantitative estimate of drug-likeness (QED) is 0.825. The molecule has 104 valence electrons. The van der Waals surface area contributed by atoms with Crippen LogP contribution in [0.15, 0.2) is 0 Å². The average molecular weight is 250 g/mol. The van der Waals surface area contributed by atoms with Crippen LogP contribution < -0.4 is 5.32 Å². The largest absolute Gasteiger partial charge is 0.310 e. The van der Waals surface area contributed by atoms with E-state index in [4.69, 9.17) is 0 Å². The average Bonchev–Trinajstić information content (AvgIpc) is 3.11. The lowest BCUT2D eigenvalue weighted by Crippen LogP contribution is -2.47. The van der Waals surface area contributed by atoms with Crippen molar-refractivity contribution in [2.24, 2.45) is 11.8 Å². The summed E-state index contributed by atoms with van der Waals surface area (Å²) in [7, 11) is 0. The van der Waals surface area contributed by atoms with Gasteiger partial charge in [0.1, 0.15) is 0 Å². The minimum atomic E-state index is 0.787. The van der Waals surface area contributed by atoms with Crippen molar-refractivity contribution in [3.8, 4) is 0 Å². The molecule has 0 amide bonds. The monoisotopic (exact) mass is 250 g/mol. The highest BCUT2D eigenvalue weighted by atomic mass is 15.2. The van der Waals surface area contributed by atoms with Crippen molar-refractivity contribution >= 4 is 0 Å². The van der Waals surface area contributed by atoms with Gasteiger partial charge in [0.15, 0.2) is 0 Å². The van der Waals surface area contributed by atoms with Crippen LogP contribution in [0.3, 0.4) is 0 Å². The van der Waals surface area contributed by atoms with Gasteiger partial charge >= 0.3 is 0 Å². The van der Waals surface area contributed by atoms with E-state index in [2.05, 4.69) is 24.1 Å². The van der Waals surface area contributed by atoms with E-state index in [0.29, 0.717) is 0 Å². The Bertz CT molecular complexity index is 272. The maximum absolute atomic E-state index is 4.02. The topological polar surface area (TPSA) is 15.3 Å². The molecule has 3 fully saturated rings. The highest BCUT2D eigenvalue weighted by molar-refractivity contribution is 4.94. The summed E-state index contributed by atoms with van der Waals surface area (Å²) < 4.78 is 0. The lowest BCUT2D eigenvalue weighted by atomic mass is 9.77. The van der Waals surface area contributed by atoms with Crippen molar-refractivity contribution in [2.45, 2.75) is 76.9 Å². The molecule has 1 N–H and O–H groups in total. The maximum Gasteiger partial charge on any atom is 0.0210 e. The van der Waals surface area contributed by atoms with E-state index in [1.165, 1.54) is 58.0 Å². The molecule has 0 aromatic heterocycles. The van der Waals surface area contributed by atoms with Gasteiger partial charge in [0.2, 0.25) is 0 Å². The number of hydrogen-bond acceptors (Lipinski definition) is 2. The third-order valence-electron chi connectivity index (χ3n) is 5.41. The lowest BCUT2D eigenvalue weighted by Gasteiger charge is -2.37. The zero-order chi connectivity index (χ0) is 12.5. The van der Waals surface area contributed by atoms with Gasteiger partial charge in [0.05, 0.1) is 0 Å². The Balaban J connectivity index is 1.51. The molecule has 3 rings (SSSR count). The summed E-state index contributed by atoms with van der Waals surface area (Å²) in [5.74, 6) is 1.78. The van der Waals surface area contributed by atoms with Crippen LogP contribution in [0, 0.1) is 11.8 Å². The molecule has 2 saturated carbocycles. The van der Waals surface area contributed by atoms with Crippen LogP contribution >= 0.6 is 0 Å². The summed E-state index contributed by atoms with van der Waals surface area (Å²) in [5, 5.41) is 4.02. The van der Waals surface area contributed by atoms with Gasteiger partial charge in [-0.25, -0.2) is 0 Å². The van der Waals surface area contributed by atoms with Gasteiger partial charge in [0, 0.05) is 31.2 Å². The summed E-state index contributed by atoms with van der Waals surface area (Å²) in [6.07, 6.45) is 10.1. The summed E-state index contributed by atoms with van der Waals surface area (Å²) in [4.78, 5) is 2.73. The van der Waals surface area contributed by atoms with E-state index in [1.807, 2.05) is 0 Å². The number of likely N-dealkylation sites (tertiary alicyclic amines) is 1. The van der Waals surface area contributed by atoms with E-state index in [0.717, 1.165) is 30.0 Å². The molecule has 0 bridgehead atoms. The maximum atomic E-state index is 4.02. The van der Waals surface area contributed by atoms with Crippen molar-refractivity contribution in [3.63, 3.8) is 0 Å². The van der Waals surface area contributed by atoms with E-state index >= 15 is 0 Å². The van der Waals surface area contributed by atoms with E-state index in [-0.39, 0.29) is 0 Å². The minimum absolute atomic E-state index is 0.787. The number of rotatable bonds is 4. The Morgan fingerprint density at radius 3 is 2.50 bits per heavy atom. The van der Waals surface area contributed by atoms with Crippen LogP contribution in [0.2, 0.25) is 0 Å². The Morgan fingerprint density at radius 1 is 1.00 bits per heavy atom. The standard InChI is InChI=1S/C16H30N2/c1-12(2)15-5-3-4-6-16(15)17-13-9-10-18(11-13)14-7-8-14/h12-17H,3-11H2,1-2H3. The predicted octanol–water partition coefficient (Wildman–Crippen LogP) is 3.03. The van der Waals surface area contributed by atoms with E-state index in [9.17, 15) is 0 Å². The molecule has 2 nitrogen and oxygen atoms in total. The van der Waals surface area contributed by atoms with Crippen LogP contribution in [0.1, 0.15) is 58.8 Å². The summed E-state index contributed by atoms with van der Waals surface area (Å²) in [6, 6.07) is 2.56. The number of hydrogen-bond donors (Lipinski definition) is 1.